The number of hydrazine groups is 1. The molecule has 1 aliphatic carbocycles. The highest BCUT2D eigenvalue weighted by Crippen LogP contribution is 2.48. The molecule has 2 aromatic rings. The van der Waals surface area contributed by atoms with Crippen molar-refractivity contribution in [3.8, 4) is 5.75 Å². The molecule has 2 atom stereocenters. The maximum atomic E-state index is 15.7. The van der Waals surface area contributed by atoms with Crippen LogP contribution >= 0.6 is 0 Å². The van der Waals surface area contributed by atoms with Gasteiger partial charge in [0.1, 0.15) is 23.5 Å². The summed E-state index contributed by atoms with van der Waals surface area (Å²) in [7, 11) is 0. The zero-order valence-electron chi connectivity index (χ0n) is 15.9. The zero-order valence-corrected chi connectivity index (χ0v) is 15.9. The lowest BCUT2D eigenvalue weighted by Gasteiger charge is -2.44. The number of carbonyl (C=O) groups is 1. The zero-order chi connectivity index (χ0) is 20.4. The van der Waals surface area contributed by atoms with Crippen molar-refractivity contribution in [2.24, 2.45) is 5.84 Å². The summed E-state index contributed by atoms with van der Waals surface area (Å²) in [5.41, 5.74) is 1.59. The molecule has 5 rings (SSSR count). The van der Waals surface area contributed by atoms with Crippen molar-refractivity contribution >= 4 is 28.2 Å². The van der Waals surface area contributed by atoms with Crippen molar-refractivity contribution in [1.82, 2.24) is 9.88 Å². The number of halogens is 1. The number of fused-ring (bicyclic) bond motifs is 5. The number of piperazine rings is 1. The van der Waals surface area contributed by atoms with E-state index in [1.54, 1.807) is 4.57 Å². The first-order valence-corrected chi connectivity index (χ1v) is 9.69. The molecule has 0 bridgehead atoms. The molecule has 2 fully saturated rings. The molecule has 1 aromatic heterocycles. The highest BCUT2D eigenvalue weighted by atomic mass is 19.1. The Morgan fingerprint density at radius 2 is 2.17 bits per heavy atom. The average molecular weight is 403 g/mol. The van der Waals surface area contributed by atoms with Crippen molar-refractivity contribution in [1.29, 1.82) is 0 Å². The number of aromatic carboxylic acids is 1. The number of benzene rings is 1. The number of carboxylic acids is 1. The van der Waals surface area contributed by atoms with Gasteiger partial charge in [-0.1, -0.05) is 0 Å². The summed E-state index contributed by atoms with van der Waals surface area (Å²) < 4.78 is 23.4. The first-order chi connectivity index (χ1) is 13.9. The van der Waals surface area contributed by atoms with Gasteiger partial charge in [-0.2, -0.15) is 0 Å². The predicted molar refractivity (Wildman–Crippen MR) is 105 cm³/mol. The van der Waals surface area contributed by atoms with Crippen LogP contribution < -0.4 is 31.7 Å². The summed E-state index contributed by atoms with van der Waals surface area (Å²) >= 11 is 0. The normalized spacial score (nSPS) is 23.3. The second-order valence-corrected chi connectivity index (χ2v) is 7.98. The van der Waals surface area contributed by atoms with Gasteiger partial charge in [-0.05, 0) is 19.8 Å². The molecule has 1 saturated heterocycles. The lowest BCUT2D eigenvalue weighted by Crippen LogP contribution is -2.59. The quantitative estimate of drug-likeness (QED) is 0.443. The molecule has 3 heterocycles. The number of nitrogens with two attached hydrogens (primary N) is 1. The van der Waals surface area contributed by atoms with Gasteiger partial charge >= 0.3 is 5.97 Å². The highest BCUT2D eigenvalue weighted by Gasteiger charge is 2.39. The van der Waals surface area contributed by atoms with E-state index in [-0.39, 0.29) is 40.6 Å². The largest absolute Gasteiger partial charge is 0.487 e. The van der Waals surface area contributed by atoms with Gasteiger partial charge in [0, 0.05) is 31.4 Å². The van der Waals surface area contributed by atoms with E-state index >= 15 is 4.39 Å². The molecular weight excluding hydrogens is 381 g/mol. The number of nitrogen functional groups attached to an aromatic ring is 1. The molecule has 0 amide bonds. The Hall–Kier alpha value is -2.85. The number of ether oxygens (including phenoxy) is 1. The van der Waals surface area contributed by atoms with Gasteiger partial charge in [0.15, 0.2) is 11.6 Å². The molecule has 2 unspecified atom stereocenters. The third-order valence-electron chi connectivity index (χ3n) is 5.98. The molecule has 154 valence electrons. The second kappa shape index (κ2) is 6.33. The Balaban J connectivity index is 1.89. The van der Waals surface area contributed by atoms with Gasteiger partial charge in [-0.25, -0.2) is 9.18 Å². The average Bonchev–Trinajstić information content (AvgIpc) is 3.53. The third kappa shape index (κ3) is 2.59. The summed E-state index contributed by atoms with van der Waals surface area (Å²) in [6.45, 7) is 3.59. The summed E-state index contributed by atoms with van der Waals surface area (Å²) in [5, 5.41) is 12.8. The first kappa shape index (κ1) is 18.2. The number of aromatic nitrogens is 1. The molecule has 0 radical (unpaired) electrons. The molecule has 2 aliphatic heterocycles. The van der Waals surface area contributed by atoms with Crippen LogP contribution in [0.1, 0.15) is 36.2 Å². The van der Waals surface area contributed by atoms with Gasteiger partial charge in [0.05, 0.1) is 16.9 Å². The Labute approximate surface area is 165 Å². The van der Waals surface area contributed by atoms with Crippen LogP contribution in [0.5, 0.6) is 5.75 Å². The topological polar surface area (TPSA) is 122 Å². The van der Waals surface area contributed by atoms with Crippen LogP contribution in [-0.4, -0.2) is 47.4 Å². The van der Waals surface area contributed by atoms with E-state index in [0.717, 1.165) is 12.8 Å². The lowest BCUT2D eigenvalue weighted by atomic mass is 10.0. The van der Waals surface area contributed by atoms with Gasteiger partial charge in [-0.15, -0.1) is 0 Å². The van der Waals surface area contributed by atoms with Gasteiger partial charge in [-0.3, -0.25) is 10.6 Å². The van der Waals surface area contributed by atoms with Crippen LogP contribution in [0.4, 0.5) is 15.8 Å². The molecule has 0 spiro atoms. The van der Waals surface area contributed by atoms with Crippen molar-refractivity contribution in [3.05, 3.63) is 27.8 Å². The van der Waals surface area contributed by atoms with Gasteiger partial charge in [0.2, 0.25) is 5.43 Å². The number of carboxylic acid groups (broad SMARTS) is 1. The van der Waals surface area contributed by atoms with Crippen LogP contribution in [0, 0.1) is 5.82 Å². The minimum atomic E-state index is -1.36. The Bertz CT molecular complexity index is 1100. The SMILES string of the molecule is CC1CN2c3c(F)c(NN)c4c(=O)c(C(=O)O)cn(C5CC5)c4c3OCC2CN1. The summed E-state index contributed by atoms with van der Waals surface area (Å²) in [4.78, 5) is 26.6. The smallest absolute Gasteiger partial charge is 0.341 e. The van der Waals surface area contributed by atoms with Crippen LogP contribution in [0.3, 0.4) is 0 Å². The van der Waals surface area contributed by atoms with E-state index < -0.39 is 22.8 Å². The minimum Gasteiger partial charge on any atom is -0.487 e. The number of anilines is 2. The van der Waals surface area contributed by atoms with E-state index in [1.807, 2.05) is 11.8 Å². The number of nitrogens with zero attached hydrogens (tertiary/aromatic N) is 2. The van der Waals surface area contributed by atoms with Crippen LogP contribution in [0.2, 0.25) is 0 Å². The van der Waals surface area contributed by atoms with E-state index in [2.05, 4.69) is 10.7 Å². The van der Waals surface area contributed by atoms with E-state index in [4.69, 9.17) is 10.6 Å². The number of hydrogen-bond acceptors (Lipinski definition) is 7. The fourth-order valence-electron chi connectivity index (χ4n) is 4.42. The Kier molecular flexibility index (Phi) is 3.97. The van der Waals surface area contributed by atoms with E-state index in [1.165, 1.54) is 6.20 Å². The third-order valence-corrected chi connectivity index (χ3v) is 5.98. The number of hydrogen-bond donors (Lipinski definition) is 4. The van der Waals surface area contributed by atoms with Gasteiger partial charge < -0.3 is 30.1 Å². The summed E-state index contributed by atoms with van der Waals surface area (Å²) in [5.74, 6) is 3.85. The van der Waals surface area contributed by atoms with Crippen molar-refractivity contribution < 1.29 is 19.0 Å². The van der Waals surface area contributed by atoms with Crippen LogP contribution in [-0.2, 0) is 0 Å². The fourth-order valence-corrected chi connectivity index (χ4v) is 4.42. The molecule has 9 nitrogen and oxygen atoms in total. The first-order valence-electron chi connectivity index (χ1n) is 9.69. The number of pyridine rings is 1. The maximum absolute atomic E-state index is 15.7. The maximum Gasteiger partial charge on any atom is 0.341 e. The van der Waals surface area contributed by atoms with E-state index in [0.29, 0.717) is 25.2 Å². The molecule has 1 saturated carbocycles. The number of nitrogens with one attached hydrogen (secondary N) is 2. The van der Waals surface area contributed by atoms with Crippen molar-refractivity contribution in [3.63, 3.8) is 0 Å². The Morgan fingerprint density at radius 1 is 1.41 bits per heavy atom. The van der Waals surface area contributed by atoms with Crippen LogP contribution in [0.25, 0.3) is 10.9 Å². The minimum absolute atomic E-state index is 0.0413. The van der Waals surface area contributed by atoms with Crippen molar-refractivity contribution in [2.45, 2.75) is 37.9 Å². The molecule has 10 heteroatoms. The predicted octanol–water partition coefficient (Wildman–Crippen LogP) is 1.02. The molecule has 3 aliphatic rings. The fraction of sp³-hybridized carbons (Fsp3) is 0.474. The van der Waals surface area contributed by atoms with Crippen LogP contribution in [0.15, 0.2) is 11.0 Å². The second-order valence-electron chi connectivity index (χ2n) is 7.98. The summed E-state index contributed by atoms with van der Waals surface area (Å²) in [6, 6.07) is 0.150. The lowest BCUT2D eigenvalue weighted by molar-refractivity contribution is 0.0695. The van der Waals surface area contributed by atoms with Gasteiger partial charge in [0.25, 0.3) is 0 Å². The number of rotatable bonds is 3. The highest BCUT2D eigenvalue weighted by molar-refractivity contribution is 6.04. The molecule has 5 N–H and O–H groups in total. The molecule has 1 aromatic carbocycles. The van der Waals surface area contributed by atoms with Crippen molar-refractivity contribution in [2.75, 3.05) is 30.0 Å². The monoisotopic (exact) mass is 403 g/mol. The van der Waals surface area contributed by atoms with E-state index in [9.17, 15) is 14.7 Å². The molecular formula is C19H22FN5O4. The molecule has 29 heavy (non-hydrogen) atoms. The Morgan fingerprint density at radius 3 is 2.83 bits per heavy atom. The standard InChI is InChI=1S/C19H22FN5O4/c1-8-5-24-10(4-22-8)7-29-18-15-12(14(23-21)13(20)16(18)24)17(26)11(19(27)28)6-25(15)9-2-3-9/h6,8-10,22-23H,2-5,7,21H2,1H3,(H,27,28). The summed E-state index contributed by atoms with van der Waals surface area (Å²) in [6.07, 6.45) is 3.04.